The van der Waals surface area contributed by atoms with Crippen LogP contribution in [-0.2, 0) is 11.3 Å². The molecule has 0 unspecified atom stereocenters. The number of nitrogens with two attached hydrogens (primary N) is 1. The molecule has 0 atom stereocenters. The van der Waals surface area contributed by atoms with E-state index in [1.165, 1.54) is 0 Å². The zero-order valence-corrected chi connectivity index (χ0v) is 19.7. The Morgan fingerprint density at radius 3 is 2.68 bits per heavy atom. The number of rotatable bonds is 6. The minimum Gasteiger partial charge on any atom is -0.465 e. The van der Waals surface area contributed by atoms with E-state index in [-0.39, 0.29) is 12.0 Å². The Kier molecular flexibility index (Phi) is 6.57. The van der Waals surface area contributed by atoms with Gasteiger partial charge in [0, 0.05) is 43.4 Å². The molecule has 3 aromatic heterocycles. The molecule has 2 aliphatic rings. The predicted octanol–water partition coefficient (Wildman–Crippen LogP) is 1.70. The first-order valence-electron chi connectivity index (χ1n) is 12.2. The molecule has 1 amide bonds. The minimum absolute atomic E-state index is 0.110. The van der Waals surface area contributed by atoms with Crippen molar-refractivity contribution < 1.29 is 14.5 Å². The molecule has 0 aromatic carbocycles. The van der Waals surface area contributed by atoms with Gasteiger partial charge in [-0.05, 0) is 57.8 Å². The summed E-state index contributed by atoms with van der Waals surface area (Å²) >= 11 is 0. The molecule has 3 N–H and O–H groups in total. The zero-order valence-electron chi connectivity index (χ0n) is 19.7. The van der Waals surface area contributed by atoms with Crippen molar-refractivity contribution in [3.63, 3.8) is 0 Å². The third-order valence-electron chi connectivity index (χ3n) is 6.95. The lowest BCUT2D eigenvalue weighted by atomic mass is 9.93. The molecule has 180 valence electrons. The summed E-state index contributed by atoms with van der Waals surface area (Å²) in [6, 6.07) is 4.72. The van der Waals surface area contributed by atoms with Crippen molar-refractivity contribution in [2.75, 3.05) is 38.5 Å². The topological polar surface area (TPSA) is 117 Å². The van der Waals surface area contributed by atoms with Crippen molar-refractivity contribution in [2.24, 2.45) is 5.92 Å². The fourth-order valence-electron chi connectivity index (χ4n) is 5.15. The van der Waals surface area contributed by atoms with Gasteiger partial charge < -0.3 is 9.64 Å². The molecular weight excluding hydrogens is 432 g/mol. The fourth-order valence-corrected chi connectivity index (χ4v) is 5.15. The van der Waals surface area contributed by atoms with Gasteiger partial charge in [-0.1, -0.05) is 4.98 Å². The van der Waals surface area contributed by atoms with Crippen molar-refractivity contribution in [1.29, 1.82) is 0 Å². The van der Waals surface area contributed by atoms with Crippen molar-refractivity contribution in [3.05, 3.63) is 36.3 Å². The number of carbonyl (C=O) groups excluding carboxylic acids is 1. The van der Waals surface area contributed by atoms with Crippen molar-refractivity contribution in [3.8, 4) is 6.01 Å². The van der Waals surface area contributed by atoms with Gasteiger partial charge in [0.05, 0.1) is 12.8 Å². The standard InChI is InChI=1S/C24H32N8O2/c1-2-34-24-29-20-4-3-9-26-21(20)32(24)19-7-12-31(13-8-19)22(33)18-5-10-30(11-6-18)16-17-14-27-23(25)28-15-17/h3-4,9,14-15,18-19H,2,5-8,10-13,16H2,1H3,(H2,25,27,28)/p+1. The number of aromatic nitrogens is 5. The predicted molar refractivity (Wildman–Crippen MR) is 127 cm³/mol. The van der Waals surface area contributed by atoms with Gasteiger partial charge in [0.25, 0.3) is 6.01 Å². The Morgan fingerprint density at radius 1 is 1.18 bits per heavy atom. The van der Waals surface area contributed by atoms with Crippen molar-refractivity contribution in [1.82, 2.24) is 29.3 Å². The highest BCUT2D eigenvalue weighted by atomic mass is 16.5. The molecule has 34 heavy (non-hydrogen) atoms. The first kappa shape index (κ1) is 22.5. The Hall–Kier alpha value is -3.27. The van der Waals surface area contributed by atoms with Crippen LogP contribution in [0.25, 0.3) is 11.2 Å². The van der Waals surface area contributed by atoms with E-state index in [4.69, 9.17) is 10.5 Å². The quantitative estimate of drug-likeness (QED) is 0.589. The van der Waals surface area contributed by atoms with Crippen LogP contribution in [0.4, 0.5) is 5.95 Å². The molecule has 3 aromatic rings. The highest BCUT2D eigenvalue weighted by Crippen LogP contribution is 2.32. The van der Waals surface area contributed by atoms with Gasteiger partial charge in [0.2, 0.25) is 5.91 Å². The molecule has 5 rings (SSSR count). The maximum Gasteiger partial charge on any atom is 0.386 e. The molecule has 10 nitrogen and oxygen atoms in total. The summed E-state index contributed by atoms with van der Waals surface area (Å²) in [6.45, 7) is 6.71. The molecule has 2 aliphatic heterocycles. The van der Waals surface area contributed by atoms with Crippen LogP contribution in [-0.4, -0.2) is 68.0 Å². The first-order valence-corrected chi connectivity index (χ1v) is 12.2. The lowest BCUT2D eigenvalue weighted by molar-refractivity contribution is -0.365. The summed E-state index contributed by atoms with van der Waals surface area (Å²) in [5, 5.41) is 0. The summed E-state index contributed by atoms with van der Waals surface area (Å²) in [5.41, 5.74) is 8.44. The number of pyridine rings is 1. The highest BCUT2D eigenvalue weighted by molar-refractivity contribution is 5.79. The van der Waals surface area contributed by atoms with Gasteiger partial charge in [0.1, 0.15) is 11.7 Å². The van der Waals surface area contributed by atoms with Crippen LogP contribution in [0.2, 0.25) is 0 Å². The van der Waals surface area contributed by atoms with E-state index in [0.717, 1.165) is 75.1 Å². The number of hydrogen-bond acceptors (Lipinski definition) is 7. The van der Waals surface area contributed by atoms with E-state index >= 15 is 0 Å². The summed E-state index contributed by atoms with van der Waals surface area (Å²) in [7, 11) is 0. The fraction of sp³-hybridized carbons (Fsp3) is 0.542. The highest BCUT2D eigenvalue weighted by Gasteiger charge is 2.32. The number of imidazole rings is 1. The number of likely N-dealkylation sites (tertiary alicyclic amines) is 2. The third-order valence-corrected chi connectivity index (χ3v) is 6.95. The summed E-state index contributed by atoms with van der Waals surface area (Å²) in [5.74, 6) is 0.835. The second kappa shape index (κ2) is 9.92. The van der Waals surface area contributed by atoms with Gasteiger partial charge in [0.15, 0.2) is 5.65 Å². The van der Waals surface area contributed by atoms with Crippen LogP contribution in [0.5, 0.6) is 6.01 Å². The summed E-state index contributed by atoms with van der Waals surface area (Å²) in [4.78, 5) is 33.9. The average Bonchev–Trinajstić information content (AvgIpc) is 3.24. The Bertz CT molecular complexity index is 1120. The molecular formula is C24H33N8O2+. The normalized spacial score (nSPS) is 18.4. The number of ether oxygens (including phenoxy) is 1. The van der Waals surface area contributed by atoms with Crippen LogP contribution in [0.1, 0.15) is 44.2 Å². The molecule has 2 saturated heterocycles. The molecule has 0 aliphatic carbocycles. The second-order valence-electron chi connectivity index (χ2n) is 9.16. The maximum absolute atomic E-state index is 13.3. The van der Waals surface area contributed by atoms with Crippen LogP contribution in [0, 0.1) is 5.92 Å². The number of carbonyl (C=O) groups is 1. The summed E-state index contributed by atoms with van der Waals surface area (Å²) in [6.07, 6.45) is 9.07. The Labute approximate surface area is 199 Å². The van der Waals surface area contributed by atoms with E-state index in [2.05, 4.69) is 34.3 Å². The van der Waals surface area contributed by atoms with Crippen molar-refractivity contribution >= 4 is 23.0 Å². The number of fused-ring (bicyclic) bond motifs is 1. The number of aromatic amines is 1. The minimum atomic E-state index is 0.110. The number of nitrogen functional groups attached to an aromatic ring is 1. The van der Waals surface area contributed by atoms with E-state index in [1.807, 2.05) is 31.5 Å². The van der Waals surface area contributed by atoms with Gasteiger partial charge in [-0.3, -0.25) is 20.0 Å². The second-order valence-corrected chi connectivity index (χ2v) is 9.16. The lowest BCUT2D eigenvalue weighted by Crippen LogP contribution is -2.45. The van der Waals surface area contributed by atoms with Gasteiger partial charge in [-0.15, -0.1) is 0 Å². The number of H-pyrrole nitrogens is 1. The molecule has 2 fully saturated rings. The molecule has 10 heteroatoms. The maximum atomic E-state index is 13.3. The Balaban J connectivity index is 1.16. The largest absolute Gasteiger partial charge is 0.465 e. The van der Waals surface area contributed by atoms with Crippen molar-refractivity contribution in [2.45, 2.75) is 45.2 Å². The zero-order chi connectivity index (χ0) is 23.5. The SMILES string of the molecule is CCOc1nc2cccnc2n1C1CCN(C(=O)C2CCN(Cc3cnc(N)[nH+]c3)CC2)CC1. The summed E-state index contributed by atoms with van der Waals surface area (Å²) < 4.78 is 7.95. The average molecular weight is 466 g/mol. The van der Waals surface area contributed by atoms with Gasteiger partial charge in [-0.25, -0.2) is 9.97 Å². The number of hydrogen-bond donors (Lipinski definition) is 1. The Morgan fingerprint density at radius 2 is 1.97 bits per heavy atom. The van der Waals surface area contributed by atoms with Crippen LogP contribution in [0.15, 0.2) is 30.7 Å². The monoisotopic (exact) mass is 465 g/mol. The van der Waals surface area contributed by atoms with Crippen LogP contribution < -0.4 is 15.5 Å². The molecule has 0 spiro atoms. The smallest absolute Gasteiger partial charge is 0.386 e. The van der Waals surface area contributed by atoms with E-state index < -0.39 is 0 Å². The van der Waals surface area contributed by atoms with Gasteiger partial charge >= 0.3 is 5.95 Å². The third kappa shape index (κ3) is 4.68. The van der Waals surface area contributed by atoms with Crippen LogP contribution in [0.3, 0.4) is 0 Å². The molecule has 5 heterocycles. The van der Waals surface area contributed by atoms with E-state index in [1.54, 1.807) is 6.20 Å². The molecule has 0 bridgehead atoms. The molecule has 0 radical (unpaired) electrons. The number of amides is 1. The number of nitrogens with one attached hydrogen (secondary N) is 1. The molecule has 0 saturated carbocycles. The van der Waals surface area contributed by atoms with Gasteiger partial charge in [-0.2, -0.15) is 4.98 Å². The number of anilines is 1. The number of nitrogens with zero attached hydrogens (tertiary/aromatic N) is 6. The van der Waals surface area contributed by atoms with E-state index in [0.29, 0.717) is 24.5 Å². The van der Waals surface area contributed by atoms with E-state index in [9.17, 15) is 4.79 Å². The van der Waals surface area contributed by atoms with Crippen LogP contribution >= 0.6 is 0 Å². The lowest BCUT2D eigenvalue weighted by Gasteiger charge is -2.37. The first-order chi connectivity index (χ1) is 16.6. The number of piperidine rings is 2.